The lowest BCUT2D eigenvalue weighted by molar-refractivity contribution is 0.122. The summed E-state index contributed by atoms with van der Waals surface area (Å²) >= 11 is 0. The van der Waals surface area contributed by atoms with Gasteiger partial charge in [-0.15, -0.1) is 0 Å². The number of aromatic amines is 1. The van der Waals surface area contributed by atoms with Crippen molar-refractivity contribution in [3.63, 3.8) is 0 Å². The topological polar surface area (TPSA) is 84.0 Å². The van der Waals surface area contributed by atoms with Gasteiger partial charge in [-0.1, -0.05) is 6.07 Å². The Bertz CT molecular complexity index is 888. The maximum Gasteiger partial charge on any atom is 0.262 e. The second-order valence-electron chi connectivity index (χ2n) is 5.29. The van der Waals surface area contributed by atoms with Gasteiger partial charge in [0.05, 0.1) is 18.6 Å². The van der Waals surface area contributed by atoms with Crippen molar-refractivity contribution >= 4 is 17.0 Å². The van der Waals surface area contributed by atoms with Crippen molar-refractivity contribution in [2.24, 2.45) is 0 Å². The number of H-pyrrole nitrogens is 1. The number of anilines is 1. The minimum atomic E-state index is -0.191. The normalized spacial score (nSPS) is 15.0. The fourth-order valence-corrected chi connectivity index (χ4v) is 2.74. The van der Waals surface area contributed by atoms with E-state index in [-0.39, 0.29) is 5.56 Å². The number of aromatic nitrogens is 4. The maximum atomic E-state index is 12.6. The van der Waals surface area contributed by atoms with Crippen LogP contribution in [0.3, 0.4) is 0 Å². The zero-order valence-electron chi connectivity index (χ0n) is 12.4. The predicted octanol–water partition coefficient (Wildman–Crippen LogP) is 1.22. The van der Waals surface area contributed by atoms with Gasteiger partial charge in [0.25, 0.3) is 5.56 Å². The molecule has 0 radical (unpaired) electrons. The minimum absolute atomic E-state index is 0.191. The molecule has 1 saturated heterocycles. The van der Waals surface area contributed by atoms with Crippen molar-refractivity contribution in [1.29, 1.82) is 0 Å². The van der Waals surface area contributed by atoms with Gasteiger partial charge in [0.2, 0.25) is 5.95 Å². The molecule has 0 aromatic carbocycles. The molecule has 1 aliphatic heterocycles. The average molecular weight is 309 g/mol. The number of hydrogen-bond acceptors (Lipinski definition) is 6. The summed E-state index contributed by atoms with van der Waals surface area (Å²) in [5.41, 5.74) is 1.90. The van der Waals surface area contributed by atoms with E-state index in [1.54, 1.807) is 18.6 Å². The van der Waals surface area contributed by atoms with Gasteiger partial charge >= 0.3 is 0 Å². The van der Waals surface area contributed by atoms with Crippen molar-refractivity contribution in [2.75, 3.05) is 31.2 Å². The Balaban J connectivity index is 1.87. The molecule has 4 heterocycles. The standard InChI is InChI=1S/C16H15N5O2/c22-15-13-12(11-2-1-4-17-10-11)3-5-18-14(13)19-16(20-15)21-6-8-23-9-7-21/h1-5,10H,6-9H2,(H,18,19,20,22). The summed E-state index contributed by atoms with van der Waals surface area (Å²) in [5, 5.41) is 0.484. The fourth-order valence-electron chi connectivity index (χ4n) is 2.74. The van der Waals surface area contributed by atoms with Crippen LogP contribution < -0.4 is 10.5 Å². The molecule has 23 heavy (non-hydrogen) atoms. The third-order valence-electron chi connectivity index (χ3n) is 3.88. The lowest BCUT2D eigenvalue weighted by atomic mass is 10.1. The number of pyridine rings is 2. The lowest BCUT2D eigenvalue weighted by Crippen LogP contribution is -2.38. The van der Waals surface area contributed by atoms with Crippen LogP contribution in [-0.2, 0) is 4.74 Å². The first-order valence-electron chi connectivity index (χ1n) is 7.45. The van der Waals surface area contributed by atoms with Crippen molar-refractivity contribution < 1.29 is 4.74 Å². The molecule has 0 spiro atoms. The molecule has 1 fully saturated rings. The monoisotopic (exact) mass is 309 g/mol. The Hall–Kier alpha value is -2.80. The summed E-state index contributed by atoms with van der Waals surface area (Å²) in [5.74, 6) is 0.543. The Labute approximate surface area is 132 Å². The van der Waals surface area contributed by atoms with E-state index >= 15 is 0 Å². The van der Waals surface area contributed by atoms with Crippen molar-refractivity contribution in [1.82, 2.24) is 19.9 Å². The van der Waals surface area contributed by atoms with E-state index in [2.05, 4.69) is 19.9 Å². The van der Waals surface area contributed by atoms with Gasteiger partial charge in [0.1, 0.15) is 0 Å². The summed E-state index contributed by atoms with van der Waals surface area (Å²) in [7, 11) is 0. The first kappa shape index (κ1) is 13.8. The molecule has 4 rings (SSSR count). The number of hydrogen-bond donors (Lipinski definition) is 1. The highest BCUT2D eigenvalue weighted by molar-refractivity contribution is 5.91. The van der Waals surface area contributed by atoms with Gasteiger partial charge in [-0.25, -0.2) is 4.98 Å². The van der Waals surface area contributed by atoms with Gasteiger partial charge < -0.3 is 9.64 Å². The second-order valence-corrected chi connectivity index (χ2v) is 5.29. The first-order valence-corrected chi connectivity index (χ1v) is 7.45. The van der Waals surface area contributed by atoms with Gasteiger partial charge in [0, 0.05) is 42.8 Å². The lowest BCUT2D eigenvalue weighted by Gasteiger charge is -2.27. The van der Waals surface area contributed by atoms with E-state index in [9.17, 15) is 4.79 Å². The summed E-state index contributed by atoms with van der Waals surface area (Å²) < 4.78 is 5.33. The Kier molecular flexibility index (Phi) is 3.47. The van der Waals surface area contributed by atoms with Crippen LogP contribution in [0.15, 0.2) is 41.6 Å². The van der Waals surface area contributed by atoms with Gasteiger partial charge in [-0.3, -0.25) is 14.8 Å². The molecule has 0 unspecified atom stereocenters. The number of nitrogens with one attached hydrogen (secondary N) is 1. The molecule has 0 amide bonds. The van der Waals surface area contributed by atoms with Gasteiger partial charge in [-0.05, 0) is 12.1 Å². The minimum Gasteiger partial charge on any atom is -0.378 e. The van der Waals surface area contributed by atoms with Crippen LogP contribution in [0.25, 0.3) is 22.2 Å². The highest BCUT2D eigenvalue weighted by Gasteiger charge is 2.17. The molecule has 3 aromatic rings. The van der Waals surface area contributed by atoms with Crippen LogP contribution in [0.1, 0.15) is 0 Å². The van der Waals surface area contributed by atoms with Crippen LogP contribution >= 0.6 is 0 Å². The molecule has 1 aliphatic rings. The third-order valence-corrected chi connectivity index (χ3v) is 3.88. The number of rotatable bonds is 2. The smallest absolute Gasteiger partial charge is 0.262 e. The van der Waals surface area contributed by atoms with E-state index in [0.717, 1.165) is 11.1 Å². The molecule has 7 heteroatoms. The summed E-state index contributed by atoms with van der Waals surface area (Å²) in [4.78, 5) is 30.4. The average Bonchev–Trinajstić information content (AvgIpc) is 2.62. The predicted molar refractivity (Wildman–Crippen MR) is 86.4 cm³/mol. The summed E-state index contributed by atoms with van der Waals surface area (Å²) in [6.07, 6.45) is 5.09. The Morgan fingerprint density at radius 3 is 2.83 bits per heavy atom. The van der Waals surface area contributed by atoms with Crippen LogP contribution in [0, 0.1) is 0 Å². The van der Waals surface area contributed by atoms with E-state index < -0.39 is 0 Å². The van der Waals surface area contributed by atoms with E-state index in [1.165, 1.54) is 0 Å². The highest BCUT2D eigenvalue weighted by atomic mass is 16.5. The van der Waals surface area contributed by atoms with Gasteiger partial charge in [-0.2, -0.15) is 4.98 Å². The zero-order chi connectivity index (χ0) is 15.6. The van der Waals surface area contributed by atoms with E-state index in [0.29, 0.717) is 43.3 Å². The van der Waals surface area contributed by atoms with Crippen LogP contribution in [0.2, 0.25) is 0 Å². The SMILES string of the molecule is O=c1[nH]c(N2CCOCC2)nc2nccc(-c3cccnc3)c12. The molecule has 1 N–H and O–H groups in total. The van der Waals surface area contributed by atoms with Crippen molar-refractivity contribution in [3.05, 3.63) is 47.1 Å². The molecule has 0 saturated carbocycles. The van der Waals surface area contributed by atoms with Crippen LogP contribution in [0.4, 0.5) is 5.95 Å². The van der Waals surface area contributed by atoms with Crippen molar-refractivity contribution in [2.45, 2.75) is 0 Å². The number of fused-ring (bicyclic) bond motifs is 1. The van der Waals surface area contributed by atoms with Crippen LogP contribution in [0.5, 0.6) is 0 Å². The molecule has 0 atom stereocenters. The summed E-state index contributed by atoms with van der Waals surface area (Å²) in [6, 6.07) is 5.56. The molecule has 116 valence electrons. The van der Waals surface area contributed by atoms with Gasteiger partial charge in [0.15, 0.2) is 5.65 Å². The molecular formula is C16H15N5O2. The largest absolute Gasteiger partial charge is 0.378 e. The quantitative estimate of drug-likeness (QED) is 0.766. The summed E-state index contributed by atoms with van der Waals surface area (Å²) in [6.45, 7) is 2.67. The number of morpholine rings is 1. The number of nitrogens with zero attached hydrogens (tertiary/aromatic N) is 4. The molecule has 7 nitrogen and oxygen atoms in total. The van der Waals surface area contributed by atoms with Crippen molar-refractivity contribution in [3.8, 4) is 11.1 Å². The Morgan fingerprint density at radius 1 is 1.17 bits per heavy atom. The molecule has 3 aromatic heterocycles. The maximum absolute atomic E-state index is 12.6. The number of ether oxygens (including phenoxy) is 1. The van der Waals surface area contributed by atoms with E-state index in [1.807, 2.05) is 23.1 Å². The zero-order valence-corrected chi connectivity index (χ0v) is 12.4. The second kappa shape index (κ2) is 5.77. The third kappa shape index (κ3) is 2.55. The van der Waals surface area contributed by atoms with E-state index in [4.69, 9.17) is 4.74 Å². The Morgan fingerprint density at radius 2 is 2.04 bits per heavy atom. The molecule has 0 aliphatic carbocycles. The highest BCUT2D eigenvalue weighted by Crippen LogP contribution is 2.24. The molecule has 0 bridgehead atoms. The first-order chi connectivity index (χ1) is 11.3. The van der Waals surface area contributed by atoms with Crippen LogP contribution in [-0.4, -0.2) is 46.2 Å². The molecular weight excluding hydrogens is 294 g/mol. The fraction of sp³-hybridized carbons (Fsp3) is 0.250.